The number of benzene rings is 2. The number of aromatic nitrogens is 1. The number of hydrogen-bond acceptors (Lipinski definition) is 3. The summed E-state index contributed by atoms with van der Waals surface area (Å²) in [4.78, 5) is 14.8. The highest BCUT2D eigenvalue weighted by Gasteiger charge is 2.12. The number of nitrogens with one attached hydrogen (secondary N) is 1. The number of azo groups is 1. The third-order valence-corrected chi connectivity index (χ3v) is 4.19. The molecule has 0 aliphatic heterocycles. The van der Waals surface area contributed by atoms with Crippen molar-refractivity contribution in [3.05, 3.63) is 56.1 Å². The molecule has 0 atom stereocenters. The Morgan fingerprint density at radius 3 is 2.82 bits per heavy atom. The smallest absolute Gasteiger partial charge is 0.295 e. The zero-order valence-electron chi connectivity index (χ0n) is 11.0. The highest BCUT2D eigenvalue weighted by Crippen LogP contribution is 2.36. The molecule has 1 amide bonds. The molecule has 0 saturated carbocycles. The minimum Gasteiger partial charge on any atom is -0.493 e. The Labute approximate surface area is 147 Å². The van der Waals surface area contributed by atoms with Crippen molar-refractivity contribution < 1.29 is 9.90 Å². The van der Waals surface area contributed by atoms with E-state index in [-0.39, 0.29) is 11.6 Å². The Hall–Kier alpha value is -1.74. The van der Waals surface area contributed by atoms with E-state index in [9.17, 15) is 9.90 Å². The Balaban J connectivity index is 1.97. The van der Waals surface area contributed by atoms with E-state index in [0.717, 1.165) is 13.6 Å². The van der Waals surface area contributed by atoms with Crippen LogP contribution in [0.1, 0.15) is 10.4 Å². The van der Waals surface area contributed by atoms with Gasteiger partial charge in [-0.25, -0.2) is 0 Å². The molecule has 110 valence electrons. The number of rotatable bonds is 2. The number of nitrogens with zero attached hydrogens (tertiary/aromatic N) is 2. The molecule has 7 heteroatoms. The lowest BCUT2D eigenvalue weighted by atomic mass is 10.2. The maximum atomic E-state index is 12.0. The minimum atomic E-state index is -0.456. The molecule has 2 N–H and O–H groups in total. The van der Waals surface area contributed by atoms with Gasteiger partial charge in [0.2, 0.25) is 5.88 Å². The second-order valence-electron chi connectivity index (χ2n) is 4.53. The molecule has 0 bridgehead atoms. The largest absolute Gasteiger partial charge is 0.493 e. The summed E-state index contributed by atoms with van der Waals surface area (Å²) in [5.41, 5.74) is 1.42. The van der Waals surface area contributed by atoms with Crippen LogP contribution < -0.4 is 0 Å². The summed E-state index contributed by atoms with van der Waals surface area (Å²) in [6, 6.07) is 12.5. The van der Waals surface area contributed by atoms with E-state index in [2.05, 4.69) is 53.7 Å². The van der Waals surface area contributed by atoms with Crippen LogP contribution in [0, 0.1) is 3.57 Å². The van der Waals surface area contributed by atoms with Gasteiger partial charge in [0.05, 0.1) is 5.52 Å². The fraction of sp³-hybridized carbons (Fsp3) is 0. The van der Waals surface area contributed by atoms with Gasteiger partial charge in [-0.05, 0) is 59.0 Å². The van der Waals surface area contributed by atoms with Crippen LogP contribution >= 0.6 is 38.5 Å². The predicted molar refractivity (Wildman–Crippen MR) is 95.7 cm³/mol. The molecule has 0 unspecified atom stereocenters. The first kappa shape index (κ1) is 15.2. The number of fused-ring (bicyclic) bond motifs is 1. The SMILES string of the molecule is O=C(N=Nc1c(O)[nH]c2ccc(Br)cc12)c1cccc(I)c1. The summed E-state index contributed by atoms with van der Waals surface area (Å²) in [6.45, 7) is 0. The lowest BCUT2D eigenvalue weighted by molar-refractivity contribution is 0.0995. The predicted octanol–water partition coefficient (Wildman–Crippen LogP) is 5.16. The van der Waals surface area contributed by atoms with E-state index in [4.69, 9.17) is 0 Å². The lowest BCUT2D eigenvalue weighted by Gasteiger charge is -1.96. The van der Waals surface area contributed by atoms with Crippen LogP contribution in [0.3, 0.4) is 0 Å². The quantitative estimate of drug-likeness (QED) is 0.401. The Morgan fingerprint density at radius 1 is 1.23 bits per heavy atom. The normalized spacial score (nSPS) is 11.4. The molecule has 3 aromatic rings. The summed E-state index contributed by atoms with van der Waals surface area (Å²) < 4.78 is 1.79. The topological polar surface area (TPSA) is 77.8 Å². The van der Waals surface area contributed by atoms with Crippen molar-refractivity contribution in [1.29, 1.82) is 0 Å². The van der Waals surface area contributed by atoms with Crippen molar-refractivity contribution in [1.82, 2.24) is 4.98 Å². The molecule has 0 saturated heterocycles. The average molecular weight is 470 g/mol. The average Bonchev–Trinajstić information content (AvgIpc) is 2.80. The van der Waals surface area contributed by atoms with E-state index in [1.807, 2.05) is 12.1 Å². The van der Waals surface area contributed by atoms with Gasteiger partial charge >= 0.3 is 0 Å². The number of aromatic amines is 1. The second-order valence-corrected chi connectivity index (χ2v) is 6.69. The van der Waals surface area contributed by atoms with Gasteiger partial charge in [-0.2, -0.15) is 0 Å². The van der Waals surface area contributed by atoms with Gasteiger partial charge in [-0.3, -0.25) is 4.79 Å². The van der Waals surface area contributed by atoms with Crippen molar-refractivity contribution in [2.45, 2.75) is 0 Å². The monoisotopic (exact) mass is 469 g/mol. The van der Waals surface area contributed by atoms with Gasteiger partial charge in [0.15, 0.2) is 5.69 Å². The van der Waals surface area contributed by atoms with E-state index in [1.54, 1.807) is 30.3 Å². The maximum Gasteiger partial charge on any atom is 0.295 e. The van der Waals surface area contributed by atoms with Crippen molar-refractivity contribution in [2.24, 2.45) is 10.2 Å². The first-order chi connectivity index (χ1) is 10.5. The summed E-state index contributed by atoms with van der Waals surface area (Å²) in [7, 11) is 0. The molecule has 3 rings (SSSR count). The molecular formula is C15H9BrIN3O2. The fourth-order valence-corrected chi connectivity index (χ4v) is 2.92. The van der Waals surface area contributed by atoms with Crippen LogP contribution in [0.25, 0.3) is 10.9 Å². The van der Waals surface area contributed by atoms with Gasteiger partial charge < -0.3 is 10.1 Å². The highest BCUT2D eigenvalue weighted by molar-refractivity contribution is 14.1. The van der Waals surface area contributed by atoms with Crippen LogP contribution in [-0.2, 0) is 0 Å². The second kappa shape index (κ2) is 6.17. The molecule has 0 fully saturated rings. The number of amides is 1. The molecule has 0 spiro atoms. The molecule has 0 radical (unpaired) electrons. The van der Waals surface area contributed by atoms with E-state index in [1.165, 1.54) is 0 Å². The number of halogens is 2. The van der Waals surface area contributed by atoms with E-state index >= 15 is 0 Å². The number of carbonyl (C=O) groups excluding carboxylic acids is 1. The maximum absolute atomic E-state index is 12.0. The van der Waals surface area contributed by atoms with Gasteiger partial charge in [0.1, 0.15) is 0 Å². The molecule has 0 aliphatic rings. The van der Waals surface area contributed by atoms with Crippen LogP contribution in [-0.4, -0.2) is 16.0 Å². The molecule has 1 heterocycles. The number of carbonyl (C=O) groups is 1. The summed E-state index contributed by atoms with van der Waals surface area (Å²) >= 11 is 5.49. The summed E-state index contributed by atoms with van der Waals surface area (Å²) in [5, 5.41) is 18.2. The molecule has 1 aromatic heterocycles. The first-order valence-corrected chi connectivity index (χ1v) is 8.13. The van der Waals surface area contributed by atoms with Crippen molar-refractivity contribution in [3.63, 3.8) is 0 Å². The molecule has 2 aromatic carbocycles. The van der Waals surface area contributed by atoms with Crippen LogP contribution in [0.2, 0.25) is 0 Å². The zero-order valence-corrected chi connectivity index (χ0v) is 14.8. The number of H-pyrrole nitrogens is 1. The van der Waals surface area contributed by atoms with Crippen LogP contribution in [0.4, 0.5) is 5.69 Å². The number of aromatic hydroxyl groups is 1. The number of hydrogen-bond donors (Lipinski definition) is 2. The van der Waals surface area contributed by atoms with Crippen molar-refractivity contribution in [3.8, 4) is 5.88 Å². The Bertz CT molecular complexity index is 905. The molecule has 5 nitrogen and oxygen atoms in total. The van der Waals surface area contributed by atoms with Crippen LogP contribution in [0.5, 0.6) is 5.88 Å². The standard InChI is InChI=1S/C15H9BrIN3O2/c16-9-4-5-12-11(7-9)13(15(22)18-12)19-20-14(21)8-2-1-3-10(17)6-8/h1-7,18,22H. The summed E-state index contributed by atoms with van der Waals surface area (Å²) in [5.74, 6) is -0.574. The lowest BCUT2D eigenvalue weighted by Crippen LogP contribution is -1.93. The molecule has 22 heavy (non-hydrogen) atoms. The molecular weight excluding hydrogens is 461 g/mol. The van der Waals surface area contributed by atoms with E-state index in [0.29, 0.717) is 10.9 Å². The van der Waals surface area contributed by atoms with Gasteiger partial charge in [-0.1, -0.05) is 22.0 Å². The first-order valence-electron chi connectivity index (χ1n) is 6.26. The van der Waals surface area contributed by atoms with Crippen LogP contribution in [0.15, 0.2) is 57.2 Å². The van der Waals surface area contributed by atoms with E-state index < -0.39 is 5.91 Å². The zero-order chi connectivity index (χ0) is 15.7. The fourth-order valence-electron chi connectivity index (χ4n) is 2.01. The molecule has 0 aliphatic carbocycles. The van der Waals surface area contributed by atoms with Gasteiger partial charge in [0.25, 0.3) is 5.91 Å². The third kappa shape index (κ3) is 3.05. The van der Waals surface area contributed by atoms with Gasteiger partial charge in [0, 0.05) is 19.0 Å². The van der Waals surface area contributed by atoms with Gasteiger partial charge in [-0.15, -0.1) is 10.2 Å². The third-order valence-electron chi connectivity index (χ3n) is 3.03. The Kier molecular flexibility index (Phi) is 4.25. The Morgan fingerprint density at radius 2 is 2.05 bits per heavy atom. The van der Waals surface area contributed by atoms with Crippen molar-refractivity contribution in [2.75, 3.05) is 0 Å². The van der Waals surface area contributed by atoms with Crippen molar-refractivity contribution >= 4 is 61.0 Å². The minimum absolute atomic E-state index is 0.118. The summed E-state index contributed by atoms with van der Waals surface area (Å²) in [6.07, 6.45) is 0. The highest BCUT2D eigenvalue weighted by atomic mass is 127.